The van der Waals surface area contributed by atoms with Crippen LogP contribution in [0, 0.1) is 5.92 Å². The van der Waals surface area contributed by atoms with Crippen molar-refractivity contribution < 1.29 is 29.0 Å². The molecule has 0 aromatic carbocycles. The first kappa shape index (κ1) is 43.0. The molecule has 0 unspecified atom stereocenters. The molecule has 6 heteroatoms. The fraction of sp³-hybridized carbons (Fsp3) is 0.821. The number of ketones is 1. The van der Waals surface area contributed by atoms with Gasteiger partial charge in [0, 0.05) is 19.3 Å². The molecule has 0 rings (SSSR count). The van der Waals surface area contributed by atoms with E-state index in [1.807, 2.05) is 12.2 Å². The number of esters is 2. The van der Waals surface area contributed by atoms with Gasteiger partial charge in [0.2, 0.25) is 0 Å². The van der Waals surface area contributed by atoms with Gasteiger partial charge in [-0.3, -0.25) is 14.4 Å². The lowest BCUT2D eigenvalue weighted by atomic mass is 10.0. The number of allylic oxidation sites excluding steroid dienone is 4. The molecule has 0 aliphatic rings. The lowest BCUT2D eigenvalue weighted by Gasteiger charge is -2.15. The van der Waals surface area contributed by atoms with Gasteiger partial charge in [0.15, 0.2) is 11.9 Å². The molecule has 1 N–H and O–H groups in total. The minimum absolute atomic E-state index is 0.109. The van der Waals surface area contributed by atoms with Crippen molar-refractivity contribution in [2.24, 2.45) is 5.92 Å². The molecule has 1 atom stereocenters. The van der Waals surface area contributed by atoms with Gasteiger partial charge in [-0.1, -0.05) is 148 Å². The Kier molecular flexibility index (Phi) is 32.0. The number of hydrogen-bond acceptors (Lipinski definition) is 6. The number of rotatable bonds is 33. The van der Waals surface area contributed by atoms with Crippen LogP contribution in [0.1, 0.15) is 181 Å². The summed E-state index contributed by atoms with van der Waals surface area (Å²) in [7, 11) is 0. The Hall–Kier alpha value is -1.95. The number of carbonyl (C=O) groups is 3. The van der Waals surface area contributed by atoms with Crippen molar-refractivity contribution in [3.8, 4) is 0 Å². The van der Waals surface area contributed by atoms with E-state index in [0.29, 0.717) is 19.3 Å². The predicted octanol–water partition coefficient (Wildman–Crippen LogP) is 10.5. The highest BCUT2D eigenvalue weighted by atomic mass is 16.6. The van der Waals surface area contributed by atoms with E-state index in [1.165, 1.54) is 83.5 Å². The maximum atomic E-state index is 12.1. The standard InChI is InChI=1S/C39H70O6/c1-4-5-6-7-14-19-24-29-36(41)30-25-20-17-22-26-31-38(42)44-34-37(33-40)45-39(43)32-27-21-16-13-11-9-8-10-12-15-18-23-28-35(2)3/h14,19,24,29,35,37,40H,4-13,15-18,20-23,25-28,30-34H2,1-3H3/b19-14-,29-24+/t37-/m0/s1. The summed E-state index contributed by atoms with van der Waals surface area (Å²) in [5.41, 5.74) is 0. The number of aliphatic hydroxyl groups excluding tert-OH is 1. The van der Waals surface area contributed by atoms with E-state index in [9.17, 15) is 19.5 Å². The molecular formula is C39H70O6. The molecule has 6 nitrogen and oxygen atoms in total. The second-order valence-corrected chi connectivity index (χ2v) is 13.2. The predicted molar refractivity (Wildman–Crippen MR) is 187 cm³/mol. The molecule has 0 aliphatic heterocycles. The molecule has 0 aromatic heterocycles. The second kappa shape index (κ2) is 33.4. The van der Waals surface area contributed by atoms with Crippen LogP contribution in [0.3, 0.4) is 0 Å². The van der Waals surface area contributed by atoms with E-state index in [4.69, 9.17) is 9.47 Å². The van der Waals surface area contributed by atoms with Crippen molar-refractivity contribution in [1.82, 2.24) is 0 Å². The minimum atomic E-state index is -0.806. The Morgan fingerprint density at radius 3 is 1.67 bits per heavy atom. The van der Waals surface area contributed by atoms with Crippen molar-refractivity contribution in [3.63, 3.8) is 0 Å². The Labute approximate surface area is 277 Å². The van der Waals surface area contributed by atoms with Crippen LogP contribution in [0.2, 0.25) is 0 Å². The van der Waals surface area contributed by atoms with Crippen LogP contribution in [0.4, 0.5) is 0 Å². The first-order valence-electron chi connectivity index (χ1n) is 18.7. The van der Waals surface area contributed by atoms with Crippen LogP contribution in [0.25, 0.3) is 0 Å². The molecule has 0 saturated heterocycles. The summed E-state index contributed by atoms with van der Waals surface area (Å²) >= 11 is 0. The van der Waals surface area contributed by atoms with Gasteiger partial charge < -0.3 is 14.6 Å². The second-order valence-electron chi connectivity index (χ2n) is 13.2. The van der Waals surface area contributed by atoms with Gasteiger partial charge in [-0.25, -0.2) is 0 Å². The zero-order valence-electron chi connectivity index (χ0n) is 29.5. The molecule has 262 valence electrons. The highest BCUT2D eigenvalue weighted by Gasteiger charge is 2.16. The van der Waals surface area contributed by atoms with Crippen LogP contribution in [-0.4, -0.2) is 42.1 Å². The zero-order valence-corrected chi connectivity index (χ0v) is 29.5. The van der Waals surface area contributed by atoms with Gasteiger partial charge in [0.05, 0.1) is 6.61 Å². The van der Waals surface area contributed by atoms with E-state index >= 15 is 0 Å². The summed E-state index contributed by atoms with van der Waals surface area (Å²) < 4.78 is 10.5. The number of aliphatic hydroxyl groups is 1. The normalized spacial score (nSPS) is 12.4. The van der Waals surface area contributed by atoms with Crippen molar-refractivity contribution in [2.75, 3.05) is 13.2 Å². The highest BCUT2D eigenvalue weighted by Crippen LogP contribution is 2.15. The third-order valence-corrected chi connectivity index (χ3v) is 8.15. The third kappa shape index (κ3) is 33.2. The maximum Gasteiger partial charge on any atom is 0.306 e. The Morgan fingerprint density at radius 2 is 1.13 bits per heavy atom. The first-order chi connectivity index (χ1) is 21.9. The summed E-state index contributed by atoms with van der Waals surface area (Å²) in [6, 6.07) is 0. The fourth-order valence-corrected chi connectivity index (χ4v) is 5.25. The van der Waals surface area contributed by atoms with Crippen LogP contribution >= 0.6 is 0 Å². The highest BCUT2D eigenvalue weighted by molar-refractivity contribution is 5.89. The summed E-state index contributed by atoms with van der Waals surface area (Å²) in [4.78, 5) is 36.1. The SMILES string of the molecule is CCCCC/C=C\C=C\C(=O)CCCCCCCC(=O)OC[C@H](CO)OC(=O)CCCCCCCCCCCCCCC(C)C. The molecule has 0 heterocycles. The van der Waals surface area contributed by atoms with E-state index in [1.54, 1.807) is 6.08 Å². The number of hydrogen-bond donors (Lipinski definition) is 1. The molecule has 0 saturated carbocycles. The summed E-state index contributed by atoms with van der Waals surface area (Å²) in [5, 5.41) is 9.53. The quantitative estimate of drug-likeness (QED) is 0.0334. The van der Waals surface area contributed by atoms with Gasteiger partial charge in [-0.05, 0) is 44.1 Å². The van der Waals surface area contributed by atoms with Crippen LogP contribution in [-0.2, 0) is 23.9 Å². The molecule has 0 radical (unpaired) electrons. The van der Waals surface area contributed by atoms with Crippen LogP contribution in [0.5, 0.6) is 0 Å². The van der Waals surface area contributed by atoms with Crippen molar-refractivity contribution in [3.05, 3.63) is 24.3 Å². The maximum absolute atomic E-state index is 12.1. The van der Waals surface area contributed by atoms with E-state index < -0.39 is 6.10 Å². The number of unbranched alkanes of at least 4 members (excludes halogenated alkanes) is 18. The Morgan fingerprint density at radius 1 is 0.622 bits per heavy atom. The molecule has 0 bridgehead atoms. The van der Waals surface area contributed by atoms with Crippen molar-refractivity contribution >= 4 is 17.7 Å². The summed E-state index contributed by atoms with van der Waals surface area (Å²) in [5.74, 6) is 0.310. The Balaban J connectivity index is 3.64. The lowest BCUT2D eigenvalue weighted by Crippen LogP contribution is -2.28. The molecule has 0 aliphatic carbocycles. The summed E-state index contributed by atoms with van der Waals surface area (Å²) in [6.07, 6.45) is 33.4. The minimum Gasteiger partial charge on any atom is -0.462 e. The zero-order chi connectivity index (χ0) is 33.2. The van der Waals surface area contributed by atoms with Gasteiger partial charge in [-0.2, -0.15) is 0 Å². The van der Waals surface area contributed by atoms with E-state index in [2.05, 4.69) is 26.8 Å². The fourth-order valence-electron chi connectivity index (χ4n) is 5.25. The van der Waals surface area contributed by atoms with Gasteiger partial charge in [-0.15, -0.1) is 0 Å². The average molecular weight is 635 g/mol. The van der Waals surface area contributed by atoms with Crippen LogP contribution in [0.15, 0.2) is 24.3 Å². The van der Waals surface area contributed by atoms with Gasteiger partial charge >= 0.3 is 11.9 Å². The van der Waals surface area contributed by atoms with Crippen molar-refractivity contribution in [1.29, 1.82) is 0 Å². The molecule has 0 spiro atoms. The topological polar surface area (TPSA) is 89.9 Å². The largest absolute Gasteiger partial charge is 0.462 e. The van der Waals surface area contributed by atoms with Crippen LogP contribution < -0.4 is 0 Å². The average Bonchev–Trinajstić information content (AvgIpc) is 3.02. The smallest absolute Gasteiger partial charge is 0.306 e. The molecular weight excluding hydrogens is 564 g/mol. The third-order valence-electron chi connectivity index (χ3n) is 8.15. The molecule has 0 fully saturated rings. The van der Waals surface area contributed by atoms with Crippen molar-refractivity contribution in [2.45, 2.75) is 187 Å². The molecule has 0 amide bonds. The first-order valence-corrected chi connectivity index (χ1v) is 18.7. The number of ether oxygens (including phenoxy) is 2. The monoisotopic (exact) mass is 635 g/mol. The lowest BCUT2D eigenvalue weighted by molar-refractivity contribution is -0.161. The van der Waals surface area contributed by atoms with E-state index in [0.717, 1.165) is 63.7 Å². The van der Waals surface area contributed by atoms with Gasteiger partial charge in [0.1, 0.15) is 6.61 Å². The van der Waals surface area contributed by atoms with Gasteiger partial charge in [0.25, 0.3) is 0 Å². The number of carbonyl (C=O) groups excluding carboxylic acids is 3. The molecule has 0 aromatic rings. The molecule has 45 heavy (non-hydrogen) atoms. The Bertz CT molecular complexity index is 757. The summed E-state index contributed by atoms with van der Waals surface area (Å²) in [6.45, 7) is 6.32. The van der Waals surface area contributed by atoms with E-state index in [-0.39, 0.29) is 30.9 Å².